The monoisotopic (exact) mass is 333 g/mol. The summed E-state index contributed by atoms with van der Waals surface area (Å²) >= 11 is 0. The number of hydrogen-bond donors (Lipinski definition) is 3. The lowest BCUT2D eigenvalue weighted by Crippen LogP contribution is -2.42. The van der Waals surface area contributed by atoms with E-state index in [9.17, 15) is 14.4 Å². The van der Waals surface area contributed by atoms with Crippen molar-refractivity contribution < 1.29 is 24.0 Å². The number of benzene rings is 1. The number of carboxylic acid groups (broad SMARTS) is 1. The van der Waals surface area contributed by atoms with Crippen molar-refractivity contribution in [3.63, 3.8) is 0 Å². The number of carboxylic acids is 1. The van der Waals surface area contributed by atoms with Crippen LogP contribution in [0.2, 0.25) is 0 Å². The molecule has 2 aromatic rings. The highest BCUT2D eigenvalue weighted by atomic mass is 16.5. The molecule has 24 heavy (non-hydrogen) atoms. The number of aliphatic carboxylic acids is 1. The Morgan fingerprint density at radius 2 is 1.96 bits per heavy atom. The van der Waals surface area contributed by atoms with Gasteiger partial charge in [0.15, 0.2) is 5.58 Å². The van der Waals surface area contributed by atoms with Gasteiger partial charge in [0, 0.05) is 11.8 Å². The van der Waals surface area contributed by atoms with Gasteiger partial charge in [-0.15, -0.1) is 0 Å². The molecule has 0 aliphatic heterocycles. The Labute approximate surface area is 138 Å². The van der Waals surface area contributed by atoms with Gasteiger partial charge in [-0.25, -0.2) is 4.79 Å². The number of nitrogens with two attached hydrogens (primary N) is 1. The van der Waals surface area contributed by atoms with E-state index in [0.717, 1.165) is 16.5 Å². The number of fused-ring (bicyclic) bond motifs is 1. The molecule has 1 aromatic carbocycles. The van der Waals surface area contributed by atoms with E-state index >= 15 is 0 Å². The van der Waals surface area contributed by atoms with E-state index in [-0.39, 0.29) is 19.3 Å². The normalized spacial score (nSPS) is 12.1. The first-order valence-corrected chi connectivity index (χ1v) is 7.44. The van der Waals surface area contributed by atoms with Gasteiger partial charge in [0.1, 0.15) is 11.7 Å². The lowest BCUT2D eigenvalue weighted by molar-refractivity contribution is -0.142. The first-order chi connectivity index (χ1) is 11.3. The highest BCUT2D eigenvalue weighted by Crippen LogP contribution is 2.23. The van der Waals surface area contributed by atoms with Crippen molar-refractivity contribution >= 4 is 28.8 Å². The third kappa shape index (κ3) is 4.09. The molecule has 1 atom stereocenters. The summed E-state index contributed by atoms with van der Waals surface area (Å²) in [5, 5.41) is 16.1. The molecule has 0 fully saturated rings. The van der Waals surface area contributed by atoms with E-state index in [0.29, 0.717) is 11.3 Å². The first kappa shape index (κ1) is 17.5. The maximum atomic E-state index is 12.1. The highest BCUT2D eigenvalue weighted by Gasteiger charge is 2.22. The van der Waals surface area contributed by atoms with Gasteiger partial charge in [-0.2, -0.15) is 0 Å². The Morgan fingerprint density at radius 3 is 2.58 bits per heavy atom. The third-order valence-corrected chi connectivity index (χ3v) is 3.80. The maximum Gasteiger partial charge on any atom is 0.326 e. The number of nitrogens with zero attached hydrogens (tertiary/aromatic N) is 1. The minimum absolute atomic E-state index is 0.0612. The zero-order valence-electron chi connectivity index (χ0n) is 13.5. The zero-order chi connectivity index (χ0) is 17.9. The number of carbonyl (C=O) groups is 3. The Morgan fingerprint density at radius 1 is 1.29 bits per heavy atom. The Hall–Kier alpha value is -2.90. The predicted octanol–water partition coefficient (Wildman–Crippen LogP) is 0.822. The molecule has 0 bridgehead atoms. The summed E-state index contributed by atoms with van der Waals surface area (Å²) in [5.74, 6) is -2.36. The molecule has 4 N–H and O–H groups in total. The number of aryl methyl sites for hydroxylation is 2. The molecule has 8 nitrogen and oxygen atoms in total. The molecular weight excluding hydrogens is 314 g/mol. The fourth-order valence-corrected chi connectivity index (χ4v) is 2.31. The van der Waals surface area contributed by atoms with Gasteiger partial charge < -0.3 is 20.7 Å². The van der Waals surface area contributed by atoms with Gasteiger partial charge in [-0.1, -0.05) is 5.16 Å². The van der Waals surface area contributed by atoms with Crippen LogP contribution in [0.5, 0.6) is 0 Å². The molecular formula is C16H19N3O5. The number of nitrogens with one attached hydrogen (secondary N) is 1. The van der Waals surface area contributed by atoms with Crippen LogP contribution in [0.3, 0.4) is 0 Å². The average molecular weight is 333 g/mol. The van der Waals surface area contributed by atoms with Crippen LogP contribution in [0.15, 0.2) is 16.7 Å². The molecule has 0 radical (unpaired) electrons. The summed E-state index contributed by atoms with van der Waals surface area (Å²) in [7, 11) is 0. The molecule has 1 heterocycles. The number of amides is 2. The summed E-state index contributed by atoms with van der Waals surface area (Å²) in [5.41, 5.74) is 8.10. The van der Waals surface area contributed by atoms with Crippen molar-refractivity contribution in [1.82, 2.24) is 10.5 Å². The summed E-state index contributed by atoms with van der Waals surface area (Å²) in [4.78, 5) is 34.0. The second-order valence-corrected chi connectivity index (χ2v) is 5.70. The Kier molecular flexibility index (Phi) is 5.18. The summed E-state index contributed by atoms with van der Waals surface area (Å²) < 4.78 is 5.21. The summed E-state index contributed by atoms with van der Waals surface area (Å²) in [6.07, 6.45) is -0.299. The van der Waals surface area contributed by atoms with E-state index in [1.54, 1.807) is 0 Å². The van der Waals surface area contributed by atoms with Crippen molar-refractivity contribution in [3.8, 4) is 0 Å². The lowest BCUT2D eigenvalue weighted by Gasteiger charge is -2.13. The van der Waals surface area contributed by atoms with Crippen molar-refractivity contribution in [3.05, 3.63) is 29.0 Å². The van der Waals surface area contributed by atoms with Gasteiger partial charge in [0.25, 0.3) is 0 Å². The van der Waals surface area contributed by atoms with Gasteiger partial charge in [0.05, 0.1) is 6.42 Å². The van der Waals surface area contributed by atoms with E-state index < -0.39 is 23.8 Å². The largest absolute Gasteiger partial charge is 0.480 e. The summed E-state index contributed by atoms with van der Waals surface area (Å²) in [6, 6.07) is 2.55. The van der Waals surface area contributed by atoms with Crippen molar-refractivity contribution in [2.45, 2.75) is 39.2 Å². The quantitative estimate of drug-likeness (QED) is 0.686. The number of primary amides is 1. The molecule has 2 amide bonds. The second-order valence-electron chi connectivity index (χ2n) is 5.70. The molecule has 1 aromatic heterocycles. The Balaban J connectivity index is 2.10. The van der Waals surface area contributed by atoms with Crippen molar-refractivity contribution in [2.75, 3.05) is 0 Å². The third-order valence-electron chi connectivity index (χ3n) is 3.80. The number of carbonyl (C=O) groups excluding carboxylic acids is 2. The maximum absolute atomic E-state index is 12.1. The van der Waals surface area contributed by atoms with Crippen LogP contribution >= 0.6 is 0 Å². The molecule has 0 saturated heterocycles. The van der Waals surface area contributed by atoms with Gasteiger partial charge in [-0.05, 0) is 43.5 Å². The zero-order valence-corrected chi connectivity index (χ0v) is 13.5. The van der Waals surface area contributed by atoms with Gasteiger partial charge in [-0.3, -0.25) is 9.59 Å². The van der Waals surface area contributed by atoms with Crippen LogP contribution in [0.1, 0.15) is 29.7 Å². The van der Waals surface area contributed by atoms with E-state index in [1.165, 1.54) is 0 Å². The SMILES string of the molecule is Cc1cc2onc(CC(=O)NC(CCC(N)=O)C(=O)O)c2cc1C. The van der Waals surface area contributed by atoms with E-state index in [4.69, 9.17) is 15.4 Å². The minimum atomic E-state index is -1.22. The van der Waals surface area contributed by atoms with Crippen molar-refractivity contribution in [2.24, 2.45) is 5.73 Å². The van der Waals surface area contributed by atoms with Crippen molar-refractivity contribution in [1.29, 1.82) is 0 Å². The topological polar surface area (TPSA) is 136 Å². The number of aromatic nitrogens is 1. The fraction of sp³-hybridized carbons (Fsp3) is 0.375. The molecule has 2 rings (SSSR count). The van der Waals surface area contributed by atoms with Gasteiger partial charge >= 0.3 is 5.97 Å². The highest BCUT2D eigenvalue weighted by molar-refractivity contribution is 5.89. The average Bonchev–Trinajstić information content (AvgIpc) is 2.85. The molecule has 0 spiro atoms. The standard InChI is InChI=1S/C16H19N3O5/c1-8-5-10-12(19-24-13(10)6-9(8)2)7-15(21)18-11(16(22)23)3-4-14(17)20/h5-6,11H,3-4,7H2,1-2H3,(H2,17,20)(H,18,21)(H,22,23). The molecule has 128 valence electrons. The second kappa shape index (κ2) is 7.12. The molecule has 1 unspecified atom stereocenters. The van der Waals surface area contributed by atoms with E-state index in [1.807, 2.05) is 26.0 Å². The number of rotatable bonds is 7. The predicted molar refractivity (Wildman–Crippen MR) is 85.2 cm³/mol. The van der Waals surface area contributed by atoms with Crippen LogP contribution in [0, 0.1) is 13.8 Å². The van der Waals surface area contributed by atoms with E-state index in [2.05, 4.69) is 10.5 Å². The molecule has 0 aliphatic rings. The fourth-order valence-electron chi connectivity index (χ4n) is 2.31. The van der Waals surface area contributed by atoms with Crippen LogP contribution in [-0.2, 0) is 20.8 Å². The Bertz CT molecular complexity index is 796. The number of hydrogen-bond acceptors (Lipinski definition) is 5. The summed E-state index contributed by atoms with van der Waals surface area (Å²) in [6.45, 7) is 3.88. The van der Waals surface area contributed by atoms with Gasteiger partial charge in [0.2, 0.25) is 11.8 Å². The first-order valence-electron chi connectivity index (χ1n) is 7.44. The minimum Gasteiger partial charge on any atom is -0.480 e. The van der Waals surface area contributed by atoms with Crippen LogP contribution in [0.4, 0.5) is 0 Å². The molecule has 8 heteroatoms. The van der Waals surface area contributed by atoms with Crippen LogP contribution in [0.25, 0.3) is 11.0 Å². The molecule has 0 saturated carbocycles. The van der Waals surface area contributed by atoms with Crippen LogP contribution in [-0.4, -0.2) is 34.1 Å². The smallest absolute Gasteiger partial charge is 0.326 e. The lowest BCUT2D eigenvalue weighted by atomic mass is 10.1. The molecule has 0 aliphatic carbocycles. The van der Waals surface area contributed by atoms with Crippen LogP contribution < -0.4 is 11.1 Å².